The molecule has 1 aliphatic carbocycles. The van der Waals surface area contributed by atoms with Gasteiger partial charge in [0.15, 0.2) is 5.11 Å². The van der Waals surface area contributed by atoms with E-state index in [1.54, 1.807) is 7.11 Å². The van der Waals surface area contributed by atoms with Crippen molar-refractivity contribution in [1.82, 2.24) is 10.2 Å². The standard InChI is InChI=1S/C14H20N2OS/c1-10(11-4-8-13(17-3)9-5-11)16(2)14(18)15-12-6-7-12/h4-5,8-10,12H,6-7H2,1-3H3,(H,15,18)/t10-/m1/s1. The Morgan fingerprint density at radius 1 is 1.39 bits per heavy atom. The van der Waals surface area contributed by atoms with Crippen molar-refractivity contribution in [3.63, 3.8) is 0 Å². The van der Waals surface area contributed by atoms with Crippen molar-refractivity contribution in [2.24, 2.45) is 0 Å². The van der Waals surface area contributed by atoms with E-state index in [1.807, 2.05) is 19.2 Å². The summed E-state index contributed by atoms with van der Waals surface area (Å²) in [6, 6.07) is 8.99. The van der Waals surface area contributed by atoms with Crippen LogP contribution in [0.25, 0.3) is 0 Å². The minimum Gasteiger partial charge on any atom is -0.497 e. The summed E-state index contributed by atoms with van der Waals surface area (Å²) in [6.07, 6.45) is 2.48. The molecule has 3 nitrogen and oxygen atoms in total. The molecule has 98 valence electrons. The molecule has 1 aromatic carbocycles. The molecule has 0 unspecified atom stereocenters. The van der Waals surface area contributed by atoms with Crippen LogP contribution in [-0.2, 0) is 0 Å². The highest BCUT2D eigenvalue weighted by Gasteiger charge is 2.24. The van der Waals surface area contributed by atoms with Crippen molar-refractivity contribution in [3.8, 4) is 5.75 Å². The first-order chi connectivity index (χ1) is 8.61. The van der Waals surface area contributed by atoms with E-state index >= 15 is 0 Å². The average molecular weight is 264 g/mol. The van der Waals surface area contributed by atoms with E-state index < -0.39 is 0 Å². The minimum absolute atomic E-state index is 0.259. The fourth-order valence-electron chi connectivity index (χ4n) is 1.79. The highest BCUT2D eigenvalue weighted by molar-refractivity contribution is 7.80. The number of nitrogens with zero attached hydrogens (tertiary/aromatic N) is 1. The number of hydrogen-bond donors (Lipinski definition) is 1. The van der Waals surface area contributed by atoms with Gasteiger partial charge in [-0.25, -0.2) is 0 Å². The summed E-state index contributed by atoms with van der Waals surface area (Å²) in [4.78, 5) is 2.11. The van der Waals surface area contributed by atoms with Crippen molar-refractivity contribution in [2.45, 2.75) is 31.8 Å². The Morgan fingerprint density at radius 2 is 2.00 bits per heavy atom. The molecule has 1 atom stereocenters. The van der Waals surface area contributed by atoms with Crippen molar-refractivity contribution in [1.29, 1.82) is 0 Å². The van der Waals surface area contributed by atoms with Gasteiger partial charge in [-0.15, -0.1) is 0 Å². The number of methoxy groups -OCH3 is 1. The molecule has 0 aromatic heterocycles. The molecular formula is C14H20N2OS. The Labute approximate surface area is 114 Å². The second-order valence-electron chi connectivity index (χ2n) is 4.78. The highest BCUT2D eigenvalue weighted by atomic mass is 32.1. The number of thiocarbonyl (C=S) groups is 1. The predicted octanol–water partition coefficient (Wildman–Crippen LogP) is 2.72. The molecule has 0 bridgehead atoms. The fourth-order valence-corrected chi connectivity index (χ4v) is 2.11. The first-order valence-electron chi connectivity index (χ1n) is 6.29. The summed E-state index contributed by atoms with van der Waals surface area (Å²) < 4.78 is 5.17. The molecule has 0 aliphatic heterocycles. The van der Waals surface area contributed by atoms with Crippen molar-refractivity contribution in [2.75, 3.05) is 14.2 Å². The van der Waals surface area contributed by atoms with Gasteiger partial charge in [-0.2, -0.15) is 0 Å². The van der Waals surface area contributed by atoms with Crippen LogP contribution in [-0.4, -0.2) is 30.2 Å². The van der Waals surface area contributed by atoms with Crippen LogP contribution < -0.4 is 10.1 Å². The molecule has 0 radical (unpaired) electrons. The van der Waals surface area contributed by atoms with Gasteiger partial charge < -0.3 is 15.0 Å². The number of ether oxygens (including phenoxy) is 1. The third-order valence-corrected chi connectivity index (χ3v) is 3.81. The maximum atomic E-state index is 5.41. The molecule has 1 fully saturated rings. The Bertz CT molecular complexity index is 414. The summed E-state index contributed by atoms with van der Waals surface area (Å²) in [6.45, 7) is 2.16. The lowest BCUT2D eigenvalue weighted by Crippen LogP contribution is -2.39. The molecule has 0 saturated heterocycles. The molecule has 4 heteroatoms. The van der Waals surface area contributed by atoms with Crippen LogP contribution in [0.5, 0.6) is 5.75 Å². The van der Waals surface area contributed by atoms with E-state index in [-0.39, 0.29) is 6.04 Å². The van der Waals surface area contributed by atoms with Crippen molar-refractivity contribution >= 4 is 17.3 Å². The minimum atomic E-state index is 0.259. The highest BCUT2D eigenvalue weighted by Crippen LogP contribution is 2.23. The zero-order chi connectivity index (χ0) is 13.1. The number of hydrogen-bond acceptors (Lipinski definition) is 2. The van der Waals surface area contributed by atoms with Gasteiger partial charge in [-0.3, -0.25) is 0 Å². The second-order valence-corrected chi connectivity index (χ2v) is 5.17. The van der Waals surface area contributed by atoms with Crippen LogP contribution in [0.2, 0.25) is 0 Å². The number of benzene rings is 1. The predicted molar refractivity (Wildman–Crippen MR) is 77.9 cm³/mol. The maximum absolute atomic E-state index is 5.41. The first-order valence-corrected chi connectivity index (χ1v) is 6.70. The van der Waals surface area contributed by atoms with Gasteiger partial charge in [0, 0.05) is 13.1 Å². The van der Waals surface area contributed by atoms with Gasteiger partial charge in [0.1, 0.15) is 5.75 Å². The van der Waals surface area contributed by atoms with E-state index in [9.17, 15) is 0 Å². The molecular weight excluding hydrogens is 244 g/mol. The SMILES string of the molecule is COc1ccc([C@@H](C)N(C)C(=S)NC2CC2)cc1. The van der Waals surface area contributed by atoms with Crippen molar-refractivity contribution in [3.05, 3.63) is 29.8 Å². The summed E-state index contributed by atoms with van der Waals surface area (Å²) in [7, 11) is 3.71. The van der Waals surface area contributed by atoms with Crippen LogP contribution in [0.3, 0.4) is 0 Å². The zero-order valence-electron chi connectivity index (χ0n) is 11.1. The van der Waals surface area contributed by atoms with Gasteiger partial charge in [-0.1, -0.05) is 12.1 Å². The first kappa shape index (κ1) is 13.1. The monoisotopic (exact) mass is 264 g/mol. The van der Waals surface area contributed by atoms with E-state index in [0.29, 0.717) is 6.04 Å². The Morgan fingerprint density at radius 3 is 2.50 bits per heavy atom. The third-order valence-electron chi connectivity index (χ3n) is 3.40. The van der Waals surface area contributed by atoms with Crippen LogP contribution in [0.15, 0.2) is 24.3 Å². The largest absolute Gasteiger partial charge is 0.497 e. The zero-order valence-corrected chi connectivity index (χ0v) is 12.0. The molecule has 18 heavy (non-hydrogen) atoms. The normalized spacial score (nSPS) is 15.9. The molecule has 1 saturated carbocycles. The molecule has 0 amide bonds. The van der Waals surface area contributed by atoms with Gasteiger partial charge in [0.25, 0.3) is 0 Å². The third kappa shape index (κ3) is 3.13. The van der Waals surface area contributed by atoms with Gasteiger partial charge in [0.05, 0.1) is 13.2 Å². The Balaban J connectivity index is 1.99. The average Bonchev–Trinajstić information content (AvgIpc) is 3.21. The molecule has 1 N–H and O–H groups in total. The van der Waals surface area contributed by atoms with E-state index in [0.717, 1.165) is 10.9 Å². The van der Waals surface area contributed by atoms with Crippen LogP contribution in [0.4, 0.5) is 0 Å². The lowest BCUT2D eigenvalue weighted by molar-refractivity contribution is 0.393. The smallest absolute Gasteiger partial charge is 0.169 e. The van der Waals surface area contributed by atoms with Gasteiger partial charge in [-0.05, 0) is 49.7 Å². The van der Waals surface area contributed by atoms with E-state index in [1.165, 1.54) is 18.4 Å². The number of rotatable bonds is 4. The summed E-state index contributed by atoms with van der Waals surface area (Å²) in [5.74, 6) is 0.882. The van der Waals surface area contributed by atoms with Gasteiger partial charge >= 0.3 is 0 Å². The summed E-state index contributed by atoms with van der Waals surface area (Å²) in [5, 5.41) is 4.19. The molecule has 1 aliphatic rings. The Kier molecular flexibility index (Phi) is 4.07. The molecule has 0 spiro atoms. The summed E-state index contributed by atoms with van der Waals surface area (Å²) in [5.41, 5.74) is 1.23. The molecule has 2 rings (SSSR count). The molecule has 1 aromatic rings. The quantitative estimate of drug-likeness (QED) is 0.845. The van der Waals surface area contributed by atoms with Crippen molar-refractivity contribution < 1.29 is 4.74 Å². The fraction of sp³-hybridized carbons (Fsp3) is 0.500. The van der Waals surface area contributed by atoms with E-state index in [2.05, 4.69) is 29.3 Å². The van der Waals surface area contributed by atoms with Crippen LogP contribution in [0, 0.1) is 0 Å². The summed E-state index contributed by atoms with van der Waals surface area (Å²) >= 11 is 5.41. The Hall–Kier alpha value is -1.29. The van der Waals surface area contributed by atoms with Crippen LogP contribution in [0.1, 0.15) is 31.4 Å². The lowest BCUT2D eigenvalue weighted by Gasteiger charge is -2.28. The molecule has 0 heterocycles. The number of nitrogens with one attached hydrogen (secondary N) is 1. The van der Waals surface area contributed by atoms with Crippen LogP contribution >= 0.6 is 12.2 Å². The van der Waals surface area contributed by atoms with E-state index in [4.69, 9.17) is 17.0 Å². The second kappa shape index (κ2) is 5.57. The maximum Gasteiger partial charge on any atom is 0.169 e. The van der Waals surface area contributed by atoms with Gasteiger partial charge in [0.2, 0.25) is 0 Å². The topological polar surface area (TPSA) is 24.5 Å². The lowest BCUT2D eigenvalue weighted by atomic mass is 10.1.